The fourth-order valence-electron chi connectivity index (χ4n) is 3.28. The van der Waals surface area contributed by atoms with E-state index in [1.54, 1.807) is 36.4 Å². The van der Waals surface area contributed by atoms with Gasteiger partial charge in [-0.2, -0.15) is 0 Å². The van der Waals surface area contributed by atoms with Crippen molar-refractivity contribution in [2.45, 2.75) is 50.0 Å². The molecular formula is C20H23NO4S. The van der Waals surface area contributed by atoms with Crippen LogP contribution in [-0.4, -0.2) is 25.5 Å². The first-order valence-electron chi connectivity index (χ1n) is 8.58. The van der Waals surface area contributed by atoms with Crippen molar-refractivity contribution < 1.29 is 18.3 Å². The fourth-order valence-corrected chi connectivity index (χ4v) is 4.95. The second-order valence-electron chi connectivity index (χ2n) is 7.60. The zero-order chi connectivity index (χ0) is 19.1. The van der Waals surface area contributed by atoms with Crippen molar-refractivity contribution in [3.63, 3.8) is 0 Å². The first-order chi connectivity index (χ1) is 12.1. The number of benzene rings is 2. The Bertz CT molecular complexity index is 927. The third kappa shape index (κ3) is 3.21. The molecule has 1 N–H and O–H groups in total. The van der Waals surface area contributed by atoms with Gasteiger partial charge in [0, 0.05) is 0 Å². The fraction of sp³-hybridized carbons (Fsp3) is 0.350. The normalized spacial score (nSPS) is 17.7. The molecule has 138 valence electrons. The van der Waals surface area contributed by atoms with E-state index in [-0.39, 0.29) is 16.7 Å². The minimum absolute atomic E-state index is 0.0936. The molecule has 0 radical (unpaired) electrons. The smallest absolute Gasteiger partial charge is 0.327 e. The molecule has 1 aliphatic heterocycles. The quantitative estimate of drug-likeness (QED) is 0.892. The summed E-state index contributed by atoms with van der Waals surface area (Å²) in [6.07, 6.45) is 0.799. The van der Waals surface area contributed by atoms with Gasteiger partial charge in [-0.1, -0.05) is 51.1 Å². The molecule has 0 fully saturated rings. The highest BCUT2D eigenvalue weighted by molar-refractivity contribution is 7.93. The molecule has 1 aliphatic rings. The van der Waals surface area contributed by atoms with E-state index in [0.29, 0.717) is 12.1 Å². The molecule has 2 aromatic carbocycles. The van der Waals surface area contributed by atoms with E-state index >= 15 is 0 Å². The van der Waals surface area contributed by atoms with E-state index < -0.39 is 22.0 Å². The number of sulfonamides is 1. The number of rotatable bonds is 3. The number of hydrogen-bond donors (Lipinski definition) is 1. The van der Waals surface area contributed by atoms with E-state index in [2.05, 4.69) is 20.8 Å². The highest BCUT2D eigenvalue weighted by Gasteiger charge is 2.39. The van der Waals surface area contributed by atoms with E-state index in [4.69, 9.17) is 0 Å². The molecule has 1 heterocycles. The van der Waals surface area contributed by atoms with Crippen LogP contribution in [0.1, 0.15) is 38.3 Å². The van der Waals surface area contributed by atoms with Crippen molar-refractivity contribution >= 4 is 21.7 Å². The lowest BCUT2D eigenvalue weighted by molar-refractivity contribution is -0.138. The Hall–Kier alpha value is -2.34. The third-order valence-electron chi connectivity index (χ3n) is 4.76. The van der Waals surface area contributed by atoms with Gasteiger partial charge in [-0.05, 0) is 47.6 Å². The van der Waals surface area contributed by atoms with Crippen LogP contribution in [0, 0.1) is 0 Å². The number of aryl methyl sites for hydroxylation is 1. The first kappa shape index (κ1) is 18.5. The summed E-state index contributed by atoms with van der Waals surface area (Å²) >= 11 is 0. The van der Waals surface area contributed by atoms with Crippen LogP contribution in [0.4, 0.5) is 5.69 Å². The highest BCUT2D eigenvalue weighted by atomic mass is 32.2. The van der Waals surface area contributed by atoms with Gasteiger partial charge in [-0.25, -0.2) is 13.2 Å². The topological polar surface area (TPSA) is 74.7 Å². The van der Waals surface area contributed by atoms with Gasteiger partial charge in [-0.15, -0.1) is 0 Å². The van der Waals surface area contributed by atoms with Crippen LogP contribution < -0.4 is 4.31 Å². The Kier molecular flexibility index (Phi) is 4.56. The van der Waals surface area contributed by atoms with Gasteiger partial charge in [-0.3, -0.25) is 4.31 Å². The molecular weight excluding hydrogens is 350 g/mol. The van der Waals surface area contributed by atoms with Crippen molar-refractivity contribution in [1.82, 2.24) is 0 Å². The lowest BCUT2D eigenvalue weighted by Crippen LogP contribution is -2.48. The van der Waals surface area contributed by atoms with E-state index in [1.165, 1.54) is 0 Å². The van der Waals surface area contributed by atoms with Crippen LogP contribution in [0.5, 0.6) is 0 Å². The lowest BCUT2D eigenvalue weighted by atomic mass is 9.87. The molecule has 1 unspecified atom stereocenters. The Morgan fingerprint density at radius 1 is 1.08 bits per heavy atom. The molecule has 26 heavy (non-hydrogen) atoms. The third-order valence-corrected chi connectivity index (χ3v) is 6.60. The number of carbonyl (C=O) groups is 1. The summed E-state index contributed by atoms with van der Waals surface area (Å²) in [5, 5.41) is 9.59. The van der Waals surface area contributed by atoms with Crippen molar-refractivity contribution in [1.29, 1.82) is 0 Å². The number of fused-ring (bicyclic) bond motifs is 1. The maximum Gasteiger partial charge on any atom is 0.327 e. The van der Waals surface area contributed by atoms with Gasteiger partial charge in [0.05, 0.1) is 10.6 Å². The van der Waals surface area contributed by atoms with Crippen LogP contribution in [0.15, 0.2) is 53.4 Å². The molecule has 0 aromatic heterocycles. The van der Waals surface area contributed by atoms with Gasteiger partial charge >= 0.3 is 5.97 Å². The monoisotopic (exact) mass is 373 g/mol. The van der Waals surface area contributed by atoms with Crippen molar-refractivity contribution in [2.24, 2.45) is 0 Å². The molecule has 0 spiro atoms. The van der Waals surface area contributed by atoms with E-state index in [1.807, 2.05) is 12.1 Å². The summed E-state index contributed by atoms with van der Waals surface area (Å²) in [7, 11) is -3.98. The highest BCUT2D eigenvalue weighted by Crippen LogP contribution is 2.36. The molecule has 2 aromatic rings. The zero-order valence-electron chi connectivity index (χ0n) is 15.1. The summed E-state index contributed by atoms with van der Waals surface area (Å²) in [4.78, 5) is 11.8. The average Bonchev–Trinajstić information content (AvgIpc) is 2.59. The van der Waals surface area contributed by atoms with Gasteiger partial charge in [0.2, 0.25) is 0 Å². The van der Waals surface area contributed by atoms with Crippen LogP contribution in [0.3, 0.4) is 0 Å². The van der Waals surface area contributed by atoms with E-state index in [9.17, 15) is 18.3 Å². The van der Waals surface area contributed by atoms with Crippen LogP contribution >= 0.6 is 0 Å². The molecule has 0 saturated carbocycles. The maximum absolute atomic E-state index is 13.3. The van der Waals surface area contributed by atoms with Gasteiger partial charge < -0.3 is 5.11 Å². The number of aliphatic carboxylic acids is 1. The molecule has 0 aliphatic carbocycles. The lowest BCUT2D eigenvalue weighted by Gasteiger charge is -2.35. The largest absolute Gasteiger partial charge is 0.480 e. The van der Waals surface area contributed by atoms with Gasteiger partial charge in [0.1, 0.15) is 6.04 Å². The van der Waals surface area contributed by atoms with Crippen molar-refractivity contribution in [2.75, 3.05) is 4.31 Å². The van der Waals surface area contributed by atoms with Crippen LogP contribution in [0.25, 0.3) is 0 Å². The Morgan fingerprint density at radius 3 is 2.27 bits per heavy atom. The minimum Gasteiger partial charge on any atom is -0.480 e. The van der Waals surface area contributed by atoms with Gasteiger partial charge in [0.15, 0.2) is 0 Å². The average molecular weight is 373 g/mol. The summed E-state index contributed by atoms with van der Waals surface area (Å²) in [6, 6.07) is 12.7. The van der Waals surface area contributed by atoms with Crippen LogP contribution in [0.2, 0.25) is 0 Å². The summed E-state index contributed by atoms with van der Waals surface area (Å²) < 4.78 is 27.6. The number of anilines is 1. The maximum atomic E-state index is 13.3. The number of hydrogen-bond acceptors (Lipinski definition) is 3. The predicted octanol–water partition coefficient (Wildman–Crippen LogP) is 3.58. The van der Waals surface area contributed by atoms with E-state index in [0.717, 1.165) is 15.4 Å². The van der Waals surface area contributed by atoms with Crippen molar-refractivity contribution in [3.05, 3.63) is 59.7 Å². The second kappa shape index (κ2) is 6.43. The Morgan fingerprint density at radius 2 is 1.69 bits per heavy atom. The second-order valence-corrected chi connectivity index (χ2v) is 9.41. The number of carboxylic acids is 1. The molecule has 1 atom stereocenters. The van der Waals surface area contributed by atoms with Gasteiger partial charge in [0.25, 0.3) is 10.0 Å². The number of carboxylic acid groups (broad SMARTS) is 1. The number of para-hydroxylation sites is 1. The zero-order valence-corrected chi connectivity index (χ0v) is 16.0. The molecule has 5 nitrogen and oxygen atoms in total. The Balaban J connectivity index is 2.10. The van der Waals surface area contributed by atoms with Crippen molar-refractivity contribution in [3.8, 4) is 0 Å². The van der Waals surface area contributed by atoms with Crippen LogP contribution in [-0.2, 0) is 26.7 Å². The molecule has 6 heteroatoms. The molecule has 0 bridgehead atoms. The number of nitrogens with zero attached hydrogens (tertiary/aromatic N) is 1. The summed E-state index contributed by atoms with van der Waals surface area (Å²) in [6.45, 7) is 6.16. The summed E-state index contributed by atoms with van der Waals surface area (Å²) in [5.74, 6) is -1.13. The summed E-state index contributed by atoms with van der Waals surface area (Å²) in [5.41, 5.74) is 2.22. The SMILES string of the molecule is CC(C)(C)c1ccc(S(=O)(=O)N2c3ccccc3CCC2C(=O)O)cc1. The standard InChI is InChI=1S/C20H23NO4S/c1-20(2,3)15-9-11-16(12-10-15)26(24,25)21-17-7-5-4-6-14(17)8-13-18(21)19(22)23/h4-7,9-12,18H,8,13H2,1-3H3,(H,22,23). The molecule has 0 saturated heterocycles. The minimum atomic E-state index is -3.98. The first-order valence-corrected chi connectivity index (χ1v) is 10.0. The Labute approximate surface area is 154 Å². The predicted molar refractivity (Wildman–Crippen MR) is 101 cm³/mol. The molecule has 3 rings (SSSR count). The molecule has 0 amide bonds.